The zero-order valence-electron chi connectivity index (χ0n) is 13.6. The quantitative estimate of drug-likeness (QED) is 0.805. The van der Waals surface area contributed by atoms with Gasteiger partial charge in [0.15, 0.2) is 0 Å². The molecule has 1 aromatic carbocycles. The minimum atomic E-state index is 0.143. The lowest BCUT2D eigenvalue weighted by Crippen LogP contribution is -2.50. The molecule has 116 valence electrons. The lowest BCUT2D eigenvalue weighted by atomic mass is 9.64. The largest absolute Gasteiger partial charge is 0.325 e. The Morgan fingerprint density at radius 1 is 0.952 bits per heavy atom. The minimum Gasteiger partial charge on any atom is -0.325 e. The lowest BCUT2D eigenvalue weighted by Gasteiger charge is -2.45. The molecule has 0 unspecified atom stereocenters. The maximum absolute atomic E-state index is 6.86. The zero-order chi connectivity index (χ0) is 14.7. The van der Waals surface area contributed by atoms with Gasteiger partial charge in [0, 0.05) is 5.54 Å². The summed E-state index contributed by atoms with van der Waals surface area (Å²) in [6, 6.07) is 11.0. The predicted molar refractivity (Wildman–Crippen MR) is 90.3 cm³/mol. The van der Waals surface area contributed by atoms with Crippen LogP contribution in [0.15, 0.2) is 30.3 Å². The first-order chi connectivity index (χ1) is 10.2. The first-order valence-electron chi connectivity index (χ1n) is 9.05. The highest BCUT2D eigenvalue weighted by molar-refractivity contribution is 5.20. The van der Waals surface area contributed by atoms with Crippen LogP contribution in [-0.2, 0) is 0 Å². The molecule has 21 heavy (non-hydrogen) atoms. The average molecular weight is 285 g/mol. The molecule has 3 rings (SSSR count). The Bertz CT molecular complexity index is 422. The van der Waals surface area contributed by atoms with E-state index in [1.807, 2.05) is 0 Å². The van der Waals surface area contributed by atoms with Crippen molar-refractivity contribution in [2.24, 2.45) is 17.6 Å². The fourth-order valence-electron chi connectivity index (χ4n) is 4.77. The molecule has 0 atom stereocenters. The third-order valence-corrected chi connectivity index (χ3v) is 6.42. The van der Waals surface area contributed by atoms with E-state index in [0.29, 0.717) is 0 Å². The second-order valence-electron chi connectivity index (χ2n) is 7.54. The molecule has 0 aromatic heterocycles. The third-order valence-electron chi connectivity index (χ3n) is 6.42. The van der Waals surface area contributed by atoms with Gasteiger partial charge in [-0.3, -0.25) is 0 Å². The fraction of sp³-hybridized carbons (Fsp3) is 0.700. The van der Waals surface area contributed by atoms with Gasteiger partial charge in [-0.2, -0.15) is 0 Å². The van der Waals surface area contributed by atoms with Gasteiger partial charge in [0.1, 0.15) is 0 Å². The molecular weight excluding hydrogens is 254 g/mol. The Morgan fingerprint density at radius 2 is 1.57 bits per heavy atom. The lowest BCUT2D eigenvalue weighted by molar-refractivity contribution is 0.125. The summed E-state index contributed by atoms with van der Waals surface area (Å²) >= 11 is 0. The highest BCUT2D eigenvalue weighted by Gasteiger charge is 2.40. The van der Waals surface area contributed by atoms with Crippen molar-refractivity contribution in [2.75, 3.05) is 0 Å². The average Bonchev–Trinajstić information content (AvgIpc) is 2.56. The van der Waals surface area contributed by atoms with Gasteiger partial charge in [-0.15, -0.1) is 0 Å². The van der Waals surface area contributed by atoms with Crippen molar-refractivity contribution in [2.45, 2.75) is 76.2 Å². The monoisotopic (exact) mass is 285 g/mol. The minimum absolute atomic E-state index is 0.143. The maximum atomic E-state index is 6.86. The Morgan fingerprint density at radius 3 is 2.14 bits per heavy atom. The fourth-order valence-corrected chi connectivity index (χ4v) is 4.77. The number of hydrogen-bond donors (Lipinski definition) is 1. The second kappa shape index (κ2) is 6.52. The first-order valence-corrected chi connectivity index (χ1v) is 9.05. The summed E-state index contributed by atoms with van der Waals surface area (Å²) in [5, 5.41) is 0. The molecule has 0 aliphatic heterocycles. The van der Waals surface area contributed by atoms with E-state index in [-0.39, 0.29) is 5.54 Å². The van der Waals surface area contributed by atoms with Gasteiger partial charge in [0.25, 0.3) is 0 Å². The van der Waals surface area contributed by atoms with Gasteiger partial charge in [-0.1, -0.05) is 56.5 Å². The van der Waals surface area contributed by atoms with Gasteiger partial charge in [-0.25, -0.2) is 0 Å². The molecule has 2 fully saturated rings. The molecular formula is C20H31N. The van der Waals surface area contributed by atoms with Crippen molar-refractivity contribution < 1.29 is 0 Å². The Labute approximate surface area is 130 Å². The molecule has 0 amide bonds. The van der Waals surface area contributed by atoms with Crippen molar-refractivity contribution in [3.63, 3.8) is 0 Å². The molecule has 0 spiro atoms. The SMILES string of the molecule is CCC1CCC(C2(N)CCC(c3ccccc3)CC2)CC1. The van der Waals surface area contributed by atoms with E-state index in [9.17, 15) is 0 Å². The maximum Gasteiger partial charge on any atom is 0.0183 e. The predicted octanol–water partition coefficient (Wildman–Crippen LogP) is 5.26. The molecule has 2 saturated carbocycles. The summed E-state index contributed by atoms with van der Waals surface area (Å²) in [5.74, 6) is 2.51. The van der Waals surface area contributed by atoms with Crippen LogP contribution in [0.2, 0.25) is 0 Å². The summed E-state index contributed by atoms with van der Waals surface area (Å²) < 4.78 is 0. The standard InChI is InChI=1S/C20H31N/c1-2-16-8-10-19(11-9-16)20(21)14-12-18(13-15-20)17-6-4-3-5-7-17/h3-7,16,18-19H,2,8-15,21H2,1H3. The zero-order valence-corrected chi connectivity index (χ0v) is 13.6. The van der Waals surface area contributed by atoms with Crippen LogP contribution < -0.4 is 5.73 Å². The number of hydrogen-bond acceptors (Lipinski definition) is 1. The van der Waals surface area contributed by atoms with Crippen molar-refractivity contribution >= 4 is 0 Å². The summed E-state index contributed by atoms with van der Waals surface area (Å²) in [6.45, 7) is 2.34. The number of benzene rings is 1. The third kappa shape index (κ3) is 3.34. The first kappa shape index (κ1) is 15.1. The van der Waals surface area contributed by atoms with E-state index < -0.39 is 0 Å². The van der Waals surface area contributed by atoms with Crippen molar-refractivity contribution in [1.29, 1.82) is 0 Å². The molecule has 1 aromatic rings. The van der Waals surface area contributed by atoms with E-state index >= 15 is 0 Å². The Balaban J connectivity index is 1.57. The summed E-state index contributed by atoms with van der Waals surface area (Å²) in [5.41, 5.74) is 8.53. The van der Waals surface area contributed by atoms with Crippen LogP contribution in [0.4, 0.5) is 0 Å². The second-order valence-corrected chi connectivity index (χ2v) is 7.54. The van der Waals surface area contributed by atoms with Gasteiger partial charge in [0.05, 0.1) is 0 Å². The number of rotatable bonds is 3. The molecule has 1 heteroatoms. The van der Waals surface area contributed by atoms with Crippen LogP contribution >= 0.6 is 0 Å². The van der Waals surface area contributed by atoms with E-state index in [1.165, 1.54) is 63.4 Å². The van der Waals surface area contributed by atoms with Crippen LogP contribution in [0, 0.1) is 11.8 Å². The van der Waals surface area contributed by atoms with E-state index in [4.69, 9.17) is 5.73 Å². The molecule has 1 nitrogen and oxygen atoms in total. The smallest absolute Gasteiger partial charge is 0.0183 e. The van der Waals surface area contributed by atoms with Crippen LogP contribution in [-0.4, -0.2) is 5.54 Å². The van der Waals surface area contributed by atoms with Gasteiger partial charge in [-0.05, 0) is 61.8 Å². The number of nitrogens with two attached hydrogens (primary N) is 1. The molecule has 0 saturated heterocycles. The van der Waals surface area contributed by atoms with Crippen molar-refractivity contribution in [3.8, 4) is 0 Å². The topological polar surface area (TPSA) is 26.0 Å². The van der Waals surface area contributed by atoms with Gasteiger partial charge in [0.2, 0.25) is 0 Å². The van der Waals surface area contributed by atoms with Crippen LogP contribution in [0.3, 0.4) is 0 Å². The Kier molecular flexibility index (Phi) is 4.69. The molecule has 0 radical (unpaired) electrons. The summed E-state index contributed by atoms with van der Waals surface area (Å²) in [4.78, 5) is 0. The van der Waals surface area contributed by atoms with Gasteiger partial charge < -0.3 is 5.73 Å². The molecule has 2 aliphatic rings. The molecule has 2 aliphatic carbocycles. The van der Waals surface area contributed by atoms with Gasteiger partial charge >= 0.3 is 0 Å². The van der Waals surface area contributed by atoms with Crippen LogP contribution in [0.1, 0.15) is 76.2 Å². The molecule has 0 bridgehead atoms. The molecule has 2 N–H and O–H groups in total. The van der Waals surface area contributed by atoms with E-state index in [0.717, 1.165) is 17.8 Å². The highest BCUT2D eigenvalue weighted by atomic mass is 14.8. The van der Waals surface area contributed by atoms with E-state index in [1.54, 1.807) is 0 Å². The van der Waals surface area contributed by atoms with E-state index in [2.05, 4.69) is 37.3 Å². The highest BCUT2D eigenvalue weighted by Crippen LogP contribution is 2.45. The van der Waals surface area contributed by atoms with Crippen molar-refractivity contribution in [1.82, 2.24) is 0 Å². The summed E-state index contributed by atoms with van der Waals surface area (Å²) in [7, 11) is 0. The molecule has 0 heterocycles. The van der Waals surface area contributed by atoms with Crippen molar-refractivity contribution in [3.05, 3.63) is 35.9 Å². The summed E-state index contributed by atoms with van der Waals surface area (Å²) in [6.07, 6.45) is 12.0. The van der Waals surface area contributed by atoms with Crippen LogP contribution in [0.5, 0.6) is 0 Å². The normalized spacial score (nSPS) is 37.3. The Hall–Kier alpha value is -0.820. The van der Waals surface area contributed by atoms with Crippen LogP contribution in [0.25, 0.3) is 0 Å².